The number of rotatable bonds is 8. The Morgan fingerprint density at radius 3 is 1.74 bits per heavy atom. The quantitative estimate of drug-likeness (QED) is 0.252. The molecular formula is C12H21Na3O7S. The topological polar surface area (TPSA) is 135 Å². The van der Waals surface area contributed by atoms with Gasteiger partial charge in [0.2, 0.25) is 0 Å². The van der Waals surface area contributed by atoms with Gasteiger partial charge < -0.3 is 26.7 Å². The SMILES string of the molecule is O=C([O-])CC(C(=O)[O-])S(=O)(=O)O.[CH2-]C(CC)CCCC.[Na+].[Na+].[Na+]. The molecule has 0 saturated carbocycles. The van der Waals surface area contributed by atoms with E-state index in [-0.39, 0.29) is 88.7 Å². The van der Waals surface area contributed by atoms with Crippen molar-refractivity contribution in [3.05, 3.63) is 6.92 Å². The van der Waals surface area contributed by atoms with Crippen LogP contribution in [0.4, 0.5) is 0 Å². The van der Waals surface area contributed by atoms with Gasteiger partial charge in [-0.1, -0.05) is 39.5 Å². The Morgan fingerprint density at radius 1 is 1.13 bits per heavy atom. The predicted octanol–water partition coefficient (Wildman–Crippen LogP) is -9.82. The van der Waals surface area contributed by atoms with E-state index < -0.39 is 33.7 Å². The molecule has 23 heavy (non-hydrogen) atoms. The molecule has 0 fully saturated rings. The molecule has 1 N–H and O–H groups in total. The fourth-order valence-corrected chi connectivity index (χ4v) is 1.75. The van der Waals surface area contributed by atoms with Gasteiger partial charge in [0, 0.05) is 12.4 Å². The minimum atomic E-state index is -4.94. The van der Waals surface area contributed by atoms with Crippen LogP contribution in [0, 0.1) is 12.8 Å². The molecule has 0 heterocycles. The fourth-order valence-electron chi connectivity index (χ4n) is 1.16. The number of unbranched alkanes of at least 4 members (excludes halogenated alkanes) is 1. The summed E-state index contributed by atoms with van der Waals surface area (Å²) >= 11 is 0. The molecule has 120 valence electrons. The van der Waals surface area contributed by atoms with E-state index in [2.05, 4.69) is 20.8 Å². The van der Waals surface area contributed by atoms with Gasteiger partial charge in [0.05, 0.1) is 5.97 Å². The van der Waals surface area contributed by atoms with E-state index in [1.54, 1.807) is 0 Å². The van der Waals surface area contributed by atoms with Gasteiger partial charge in [-0.25, -0.2) is 0 Å². The maximum Gasteiger partial charge on any atom is 1.00 e. The maximum absolute atomic E-state index is 10.2. The van der Waals surface area contributed by atoms with Crippen LogP contribution in [0.15, 0.2) is 0 Å². The molecule has 0 aromatic heterocycles. The van der Waals surface area contributed by atoms with Crippen LogP contribution < -0.4 is 98.9 Å². The Bertz CT molecular complexity index is 401. The van der Waals surface area contributed by atoms with E-state index in [4.69, 9.17) is 4.55 Å². The second-order valence-corrected chi connectivity index (χ2v) is 5.91. The zero-order chi connectivity index (χ0) is 16.3. The van der Waals surface area contributed by atoms with Crippen LogP contribution in [0.25, 0.3) is 0 Å². The molecule has 7 nitrogen and oxygen atoms in total. The first kappa shape index (κ1) is 35.9. The summed E-state index contributed by atoms with van der Waals surface area (Å²) in [5, 5.41) is 17.3. The van der Waals surface area contributed by atoms with E-state index in [0.717, 1.165) is 0 Å². The Balaban J connectivity index is -0.0000000880. The van der Waals surface area contributed by atoms with Crippen molar-refractivity contribution in [2.45, 2.75) is 51.2 Å². The Hall–Kier alpha value is 1.85. The third-order valence-electron chi connectivity index (χ3n) is 2.52. The number of hydrogen-bond acceptors (Lipinski definition) is 6. The summed E-state index contributed by atoms with van der Waals surface area (Å²) in [4.78, 5) is 19.7. The summed E-state index contributed by atoms with van der Waals surface area (Å²) in [6, 6.07) is 0. The minimum Gasteiger partial charge on any atom is -0.550 e. The molecule has 0 spiro atoms. The van der Waals surface area contributed by atoms with E-state index in [1.165, 1.54) is 25.7 Å². The van der Waals surface area contributed by atoms with Crippen LogP contribution >= 0.6 is 0 Å². The van der Waals surface area contributed by atoms with Gasteiger partial charge >= 0.3 is 88.7 Å². The number of carboxylic acid groups (broad SMARTS) is 2. The van der Waals surface area contributed by atoms with Crippen molar-refractivity contribution < 1.29 is 121 Å². The zero-order valence-corrected chi connectivity index (χ0v) is 21.5. The fraction of sp³-hybridized carbons (Fsp3) is 0.750. The molecule has 0 rings (SSSR count). The largest absolute Gasteiger partial charge is 1.00 e. The third kappa shape index (κ3) is 23.9. The third-order valence-corrected chi connectivity index (χ3v) is 3.60. The number of carboxylic acids is 2. The average Bonchev–Trinajstić information content (AvgIpc) is 2.31. The normalized spacial score (nSPS) is 12.0. The van der Waals surface area contributed by atoms with E-state index >= 15 is 0 Å². The Kier molecular flexibility index (Phi) is 31.5. The summed E-state index contributed by atoms with van der Waals surface area (Å²) < 4.78 is 28.5. The molecule has 0 radical (unpaired) electrons. The number of hydrogen-bond donors (Lipinski definition) is 1. The summed E-state index contributed by atoms with van der Waals surface area (Å²) in [5.41, 5.74) is 0. The first-order chi connectivity index (χ1) is 9.06. The molecule has 2 atom stereocenters. The van der Waals surface area contributed by atoms with Gasteiger partial charge in [-0.05, 0) is 0 Å². The monoisotopic (exact) mass is 378 g/mol. The second kappa shape index (κ2) is 20.2. The molecule has 2 unspecified atom stereocenters. The van der Waals surface area contributed by atoms with Crippen LogP contribution in [0.5, 0.6) is 0 Å². The van der Waals surface area contributed by atoms with Gasteiger partial charge in [0.15, 0.2) is 0 Å². The molecule has 0 aliphatic heterocycles. The number of carbonyl (C=O) groups is 2. The summed E-state index contributed by atoms with van der Waals surface area (Å²) in [5.74, 6) is -3.38. The van der Waals surface area contributed by atoms with Gasteiger partial charge in [-0.15, -0.1) is 0 Å². The minimum absolute atomic E-state index is 0. The molecule has 11 heteroatoms. The van der Waals surface area contributed by atoms with Crippen molar-refractivity contribution in [1.29, 1.82) is 0 Å². The van der Waals surface area contributed by atoms with Crippen molar-refractivity contribution in [1.82, 2.24) is 0 Å². The molecule has 0 aromatic rings. The molecule has 0 aromatic carbocycles. The summed E-state index contributed by atoms with van der Waals surface area (Å²) in [6.07, 6.45) is 3.88. The smallest absolute Gasteiger partial charge is 0.550 e. The summed E-state index contributed by atoms with van der Waals surface area (Å²) in [7, 11) is -4.94. The second-order valence-electron chi connectivity index (χ2n) is 4.32. The molecule has 0 aliphatic carbocycles. The number of aliphatic carboxylic acids is 2. The predicted molar refractivity (Wildman–Crippen MR) is 68.6 cm³/mol. The van der Waals surface area contributed by atoms with Crippen molar-refractivity contribution in [2.24, 2.45) is 5.92 Å². The molecule has 0 amide bonds. The van der Waals surface area contributed by atoms with E-state index in [1.807, 2.05) is 0 Å². The molecule has 0 bridgehead atoms. The van der Waals surface area contributed by atoms with Crippen molar-refractivity contribution in [3.63, 3.8) is 0 Å². The van der Waals surface area contributed by atoms with Gasteiger partial charge in [0.25, 0.3) is 10.1 Å². The first-order valence-corrected chi connectivity index (χ1v) is 7.76. The van der Waals surface area contributed by atoms with Crippen LogP contribution in [0.2, 0.25) is 0 Å². The molecular weight excluding hydrogens is 357 g/mol. The van der Waals surface area contributed by atoms with E-state index in [0.29, 0.717) is 5.92 Å². The summed E-state index contributed by atoms with van der Waals surface area (Å²) in [6.45, 7) is 8.42. The Morgan fingerprint density at radius 2 is 1.57 bits per heavy atom. The van der Waals surface area contributed by atoms with Gasteiger partial charge in [-0.3, -0.25) is 4.55 Å². The van der Waals surface area contributed by atoms with Crippen molar-refractivity contribution >= 4 is 22.1 Å². The van der Waals surface area contributed by atoms with Gasteiger partial charge in [0.1, 0.15) is 5.25 Å². The van der Waals surface area contributed by atoms with Crippen LogP contribution in [0.3, 0.4) is 0 Å². The van der Waals surface area contributed by atoms with E-state index in [9.17, 15) is 28.2 Å². The van der Waals surface area contributed by atoms with Crippen molar-refractivity contribution in [2.75, 3.05) is 0 Å². The zero-order valence-electron chi connectivity index (χ0n) is 14.7. The van der Waals surface area contributed by atoms with Gasteiger partial charge in [-0.2, -0.15) is 14.3 Å². The first-order valence-electron chi connectivity index (χ1n) is 6.26. The molecule has 0 aliphatic rings. The van der Waals surface area contributed by atoms with Crippen LogP contribution in [-0.2, 0) is 19.7 Å². The van der Waals surface area contributed by atoms with Crippen molar-refractivity contribution in [3.8, 4) is 0 Å². The van der Waals surface area contributed by atoms with Crippen LogP contribution in [0.1, 0.15) is 46.0 Å². The number of carbonyl (C=O) groups excluding carboxylic acids is 2. The standard InChI is InChI=1S/C8H17.C4H6O7S.3Na/c1-4-6-7-8(3)5-2;5-3(6)1-2(4(7)8)12(9,10)11;;;/h8H,3-7H2,1-2H3;2H,1H2,(H,5,6)(H,7,8)(H,9,10,11);;;/q-1;;3*+1/p-2. The average molecular weight is 378 g/mol. The maximum atomic E-state index is 10.2. The Labute approximate surface area is 205 Å². The molecule has 0 saturated heterocycles. The van der Waals surface area contributed by atoms with Crippen LogP contribution in [-0.4, -0.2) is 30.2 Å².